The molecule has 0 aliphatic carbocycles. The molecule has 0 fully saturated rings. The molecule has 3 heteroatoms. The molecule has 0 saturated carbocycles. The lowest BCUT2D eigenvalue weighted by Crippen LogP contribution is -2.03. The largest absolute Gasteiger partial charge is 0.309 e. The van der Waals surface area contributed by atoms with Gasteiger partial charge in [-0.25, -0.2) is 4.39 Å². The number of nitrogens with one attached hydrogen (secondary N) is 1. The fourth-order valence-electron chi connectivity index (χ4n) is 2.34. The van der Waals surface area contributed by atoms with E-state index in [0.717, 1.165) is 18.7 Å². The predicted octanol–water partition coefficient (Wildman–Crippen LogP) is 2.97. The van der Waals surface area contributed by atoms with Crippen molar-refractivity contribution in [2.24, 2.45) is 0 Å². The van der Waals surface area contributed by atoms with Crippen molar-refractivity contribution in [1.82, 2.24) is 5.32 Å². The number of carbonyl (C=O) groups excluding carboxylic acids is 1. The molecule has 2 nitrogen and oxygen atoms in total. The summed E-state index contributed by atoms with van der Waals surface area (Å²) in [6.07, 6.45) is 0. The van der Waals surface area contributed by atoms with Gasteiger partial charge in [-0.15, -0.1) is 0 Å². The summed E-state index contributed by atoms with van der Waals surface area (Å²) in [6, 6.07) is 10.3. The molecule has 96 valence electrons. The molecule has 0 aromatic heterocycles. The van der Waals surface area contributed by atoms with E-state index in [1.807, 2.05) is 18.2 Å². The number of halogens is 1. The first-order valence-corrected chi connectivity index (χ1v) is 6.28. The number of ketones is 1. The van der Waals surface area contributed by atoms with E-state index < -0.39 is 0 Å². The Bertz CT molecular complexity index is 664. The lowest BCUT2D eigenvalue weighted by atomic mass is 9.98. The summed E-state index contributed by atoms with van der Waals surface area (Å²) < 4.78 is 13.5. The van der Waals surface area contributed by atoms with Crippen LogP contribution in [0.4, 0.5) is 4.39 Å². The van der Waals surface area contributed by atoms with E-state index >= 15 is 0 Å². The Balaban J connectivity index is 1.97. The predicted molar refractivity (Wildman–Crippen MR) is 71.6 cm³/mol. The average molecular weight is 255 g/mol. The fraction of sp³-hybridized carbons (Fsp3) is 0.188. The Morgan fingerprint density at radius 3 is 2.53 bits per heavy atom. The van der Waals surface area contributed by atoms with Gasteiger partial charge in [0.2, 0.25) is 0 Å². The van der Waals surface area contributed by atoms with Gasteiger partial charge in [0.15, 0.2) is 5.78 Å². The zero-order valence-corrected chi connectivity index (χ0v) is 10.7. The van der Waals surface area contributed by atoms with Gasteiger partial charge >= 0.3 is 0 Å². The van der Waals surface area contributed by atoms with Crippen molar-refractivity contribution >= 4 is 5.78 Å². The quantitative estimate of drug-likeness (QED) is 0.836. The molecule has 0 bridgehead atoms. The summed E-state index contributed by atoms with van der Waals surface area (Å²) in [5.41, 5.74) is 3.94. The van der Waals surface area contributed by atoms with Crippen LogP contribution in [0.1, 0.15) is 32.6 Å². The highest BCUT2D eigenvalue weighted by Gasteiger charge is 2.15. The second-order valence-electron chi connectivity index (χ2n) is 4.88. The summed E-state index contributed by atoms with van der Waals surface area (Å²) in [5, 5.41) is 3.24. The molecule has 2 aromatic carbocycles. The van der Waals surface area contributed by atoms with E-state index in [-0.39, 0.29) is 11.6 Å². The molecule has 19 heavy (non-hydrogen) atoms. The van der Waals surface area contributed by atoms with Crippen molar-refractivity contribution in [1.29, 1.82) is 0 Å². The van der Waals surface area contributed by atoms with Crippen LogP contribution in [-0.2, 0) is 13.1 Å². The van der Waals surface area contributed by atoms with Crippen molar-refractivity contribution in [3.05, 3.63) is 70.0 Å². The van der Waals surface area contributed by atoms with Crippen LogP contribution in [-0.4, -0.2) is 5.78 Å². The molecular weight excluding hydrogens is 241 g/mol. The second-order valence-corrected chi connectivity index (χ2v) is 4.88. The number of rotatable bonds is 2. The third-order valence-electron chi connectivity index (χ3n) is 3.53. The van der Waals surface area contributed by atoms with Crippen LogP contribution < -0.4 is 5.32 Å². The van der Waals surface area contributed by atoms with Crippen LogP contribution in [0.25, 0.3) is 0 Å². The van der Waals surface area contributed by atoms with Gasteiger partial charge in [0.1, 0.15) is 5.82 Å². The van der Waals surface area contributed by atoms with Crippen molar-refractivity contribution < 1.29 is 9.18 Å². The first-order chi connectivity index (χ1) is 9.15. The molecule has 2 aromatic rings. The van der Waals surface area contributed by atoms with Crippen molar-refractivity contribution in [2.75, 3.05) is 0 Å². The minimum Gasteiger partial charge on any atom is -0.309 e. The van der Waals surface area contributed by atoms with Gasteiger partial charge in [0.05, 0.1) is 0 Å². The van der Waals surface area contributed by atoms with E-state index in [4.69, 9.17) is 0 Å². The van der Waals surface area contributed by atoms with Gasteiger partial charge < -0.3 is 5.32 Å². The van der Waals surface area contributed by atoms with Crippen LogP contribution in [0.3, 0.4) is 0 Å². The van der Waals surface area contributed by atoms with Gasteiger partial charge in [-0.2, -0.15) is 0 Å². The summed E-state index contributed by atoms with van der Waals surface area (Å²) in [5.74, 6) is -0.470. The van der Waals surface area contributed by atoms with Crippen LogP contribution in [0.2, 0.25) is 0 Å². The zero-order chi connectivity index (χ0) is 13.4. The van der Waals surface area contributed by atoms with Gasteiger partial charge in [-0.05, 0) is 35.7 Å². The monoisotopic (exact) mass is 255 g/mol. The van der Waals surface area contributed by atoms with Gasteiger partial charge in [0, 0.05) is 24.2 Å². The van der Waals surface area contributed by atoms with Gasteiger partial charge in [-0.1, -0.05) is 24.3 Å². The Hall–Kier alpha value is -2.00. The maximum atomic E-state index is 13.5. The van der Waals surface area contributed by atoms with Crippen molar-refractivity contribution in [3.63, 3.8) is 0 Å². The Labute approximate surface area is 111 Å². The van der Waals surface area contributed by atoms with E-state index in [1.54, 1.807) is 19.1 Å². The number of fused-ring (bicyclic) bond motifs is 1. The van der Waals surface area contributed by atoms with Crippen molar-refractivity contribution in [3.8, 4) is 0 Å². The minimum absolute atomic E-state index is 0.131. The van der Waals surface area contributed by atoms with E-state index in [1.165, 1.54) is 11.6 Å². The van der Waals surface area contributed by atoms with Crippen LogP contribution in [0, 0.1) is 12.7 Å². The minimum atomic E-state index is -0.339. The molecule has 0 amide bonds. The fourth-order valence-corrected chi connectivity index (χ4v) is 2.34. The maximum Gasteiger partial charge on any atom is 0.193 e. The van der Waals surface area contributed by atoms with Crippen LogP contribution >= 0.6 is 0 Å². The number of aryl methyl sites for hydroxylation is 1. The highest BCUT2D eigenvalue weighted by atomic mass is 19.1. The summed E-state index contributed by atoms with van der Waals surface area (Å²) in [7, 11) is 0. The van der Waals surface area contributed by atoms with E-state index in [9.17, 15) is 9.18 Å². The SMILES string of the molecule is Cc1ccc(C(=O)c2ccc3c(c2)CNC3)cc1F. The maximum absolute atomic E-state index is 13.5. The second kappa shape index (κ2) is 4.59. The standard InChI is InChI=1S/C16H14FNO/c1-10-2-3-12(7-15(10)17)16(19)11-4-5-13-8-18-9-14(13)6-11/h2-7,18H,8-9H2,1H3. The molecule has 0 spiro atoms. The van der Waals surface area contributed by atoms with Crippen molar-refractivity contribution in [2.45, 2.75) is 20.0 Å². The smallest absolute Gasteiger partial charge is 0.193 e. The van der Waals surface area contributed by atoms with Gasteiger partial charge in [0.25, 0.3) is 0 Å². The molecule has 0 unspecified atom stereocenters. The Morgan fingerprint density at radius 1 is 1.05 bits per heavy atom. The lowest BCUT2D eigenvalue weighted by Gasteiger charge is -2.05. The number of benzene rings is 2. The highest BCUT2D eigenvalue weighted by molar-refractivity contribution is 6.09. The molecule has 1 aliphatic heterocycles. The topological polar surface area (TPSA) is 29.1 Å². The highest BCUT2D eigenvalue weighted by Crippen LogP contribution is 2.20. The zero-order valence-electron chi connectivity index (χ0n) is 10.7. The molecule has 1 heterocycles. The normalized spacial score (nSPS) is 13.4. The molecule has 1 aliphatic rings. The summed E-state index contributed by atoms with van der Waals surface area (Å²) >= 11 is 0. The Morgan fingerprint density at radius 2 is 1.74 bits per heavy atom. The molecule has 0 radical (unpaired) electrons. The van der Waals surface area contributed by atoms with Crippen LogP contribution in [0.5, 0.6) is 0 Å². The van der Waals surface area contributed by atoms with E-state index in [2.05, 4.69) is 5.32 Å². The summed E-state index contributed by atoms with van der Waals surface area (Å²) in [4.78, 5) is 12.3. The van der Waals surface area contributed by atoms with E-state index in [0.29, 0.717) is 16.7 Å². The number of carbonyl (C=O) groups is 1. The lowest BCUT2D eigenvalue weighted by molar-refractivity contribution is 0.103. The molecule has 1 N–H and O–H groups in total. The first kappa shape index (κ1) is 12.1. The molecule has 0 atom stereocenters. The molecule has 0 saturated heterocycles. The molecular formula is C16H14FNO. The van der Waals surface area contributed by atoms with Gasteiger partial charge in [-0.3, -0.25) is 4.79 Å². The third-order valence-corrected chi connectivity index (χ3v) is 3.53. The Kier molecular flexibility index (Phi) is 2.91. The number of hydrogen-bond donors (Lipinski definition) is 1. The first-order valence-electron chi connectivity index (χ1n) is 6.28. The average Bonchev–Trinajstić information content (AvgIpc) is 2.88. The third kappa shape index (κ3) is 2.17. The summed E-state index contributed by atoms with van der Waals surface area (Å²) in [6.45, 7) is 3.33. The number of hydrogen-bond acceptors (Lipinski definition) is 2. The molecule has 3 rings (SSSR count). The van der Waals surface area contributed by atoms with Crippen LogP contribution in [0.15, 0.2) is 36.4 Å².